The summed E-state index contributed by atoms with van der Waals surface area (Å²) in [4.78, 5) is 21.0. The van der Waals surface area contributed by atoms with E-state index in [0.717, 1.165) is 12.8 Å². The second kappa shape index (κ2) is 10.4. The maximum Gasteiger partial charge on any atom is 2.00 e. The van der Waals surface area contributed by atoms with E-state index < -0.39 is 22.8 Å². The van der Waals surface area contributed by atoms with E-state index in [2.05, 4.69) is 0 Å². The third kappa shape index (κ3) is 8.05. The first-order valence-electron chi connectivity index (χ1n) is 7.28. The van der Waals surface area contributed by atoms with E-state index in [9.17, 15) is 19.8 Å². The Labute approximate surface area is 145 Å². The maximum absolute atomic E-state index is 10.5. The second-order valence-corrected chi connectivity index (χ2v) is 6.64. The number of carbonyl (C=O) groups excluding carboxylic acids is 2. The van der Waals surface area contributed by atoms with Crippen LogP contribution >= 0.6 is 0 Å². The van der Waals surface area contributed by atoms with Gasteiger partial charge >= 0.3 is 23.1 Å². The van der Waals surface area contributed by atoms with E-state index in [-0.39, 0.29) is 34.9 Å². The Morgan fingerprint density at radius 1 is 0.810 bits per heavy atom. The van der Waals surface area contributed by atoms with Gasteiger partial charge in [-0.3, -0.25) is 0 Å². The molecule has 0 saturated carbocycles. The van der Waals surface area contributed by atoms with Crippen LogP contribution < -0.4 is 10.2 Å². The molecule has 0 aromatic carbocycles. The molecule has 2 unspecified atom stereocenters. The van der Waals surface area contributed by atoms with E-state index in [0.29, 0.717) is 0 Å². The van der Waals surface area contributed by atoms with Gasteiger partial charge in [0, 0.05) is 22.8 Å². The first-order valence-corrected chi connectivity index (χ1v) is 7.28. The Bertz CT molecular complexity index is 292. The van der Waals surface area contributed by atoms with Gasteiger partial charge in [0.15, 0.2) is 0 Å². The van der Waals surface area contributed by atoms with Crippen LogP contribution in [-0.2, 0) is 9.59 Å². The molecule has 5 heteroatoms. The molecule has 0 heterocycles. The molecule has 120 valence electrons. The van der Waals surface area contributed by atoms with Gasteiger partial charge in [-0.25, -0.2) is 0 Å². The SMILES string of the molecule is CCC(C)C(C)(C)C(=O)[O-].CCC(C)C(C)(C)C(=O)[O-].[Mg+2]. The van der Waals surface area contributed by atoms with Crippen molar-refractivity contribution >= 4 is 35.0 Å². The molecule has 0 aromatic heterocycles. The van der Waals surface area contributed by atoms with Crippen molar-refractivity contribution in [2.45, 2.75) is 68.2 Å². The fourth-order valence-electron chi connectivity index (χ4n) is 1.42. The minimum atomic E-state index is -0.957. The van der Waals surface area contributed by atoms with Crippen LogP contribution in [0.2, 0.25) is 0 Å². The molecule has 2 atom stereocenters. The van der Waals surface area contributed by atoms with Crippen molar-refractivity contribution in [3.8, 4) is 0 Å². The first kappa shape index (κ1) is 25.6. The van der Waals surface area contributed by atoms with Gasteiger partial charge in [-0.15, -0.1) is 0 Å². The number of rotatable bonds is 6. The van der Waals surface area contributed by atoms with Gasteiger partial charge in [-0.05, 0) is 11.8 Å². The number of carboxylic acid groups (broad SMARTS) is 2. The van der Waals surface area contributed by atoms with Crippen LogP contribution in [0.15, 0.2) is 0 Å². The van der Waals surface area contributed by atoms with Crippen LogP contribution in [0.1, 0.15) is 68.2 Å². The van der Waals surface area contributed by atoms with Gasteiger partial charge in [0.05, 0.1) is 0 Å². The second-order valence-electron chi connectivity index (χ2n) is 6.64. The van der Waals surface area contributed by atoms with Gasteiger partial charge in [0.2, 0.25) is 0 Å². The number of aliphatic carboxylic acids is 2. The zero-order valence-electron chi connectivity index (χ0n) is 14.9. The monoisotopic (exact) mass is 310 g/mol. The van der Waals surface area contributed by atoms with E-state index in [1.807, 2.05) is 27.7 Å². The van der Waals surface area contributed by atoms with Crippen LogP contribution in [0, 0.1) is 22.7 Å². The molecule has 0 amide bonds. The quantitative estimate of drug-likeness (QED) is 0.691. The summed E-state index contributed by atoms with van der Waals surface area (Å²) in [5.74, 6) is -1.56. The van der Waals surface area contributed by atoms with Crippen molar-refractivity contribution in [1.82, 2.24) is 0 Å². The summed E-state index contributed by atoms with van der Waals surface area (Å²) < 4.78 is 0. The van der Waals surface area contributed by atoms with E-state index >= 15 is 0 Å². The molecule has 4 nitrogen and oxygen atoms in total. The largest absolute Gasteiger partial charge is 2.00 e. The zero-order valence-corrected chi connectivity index (χ0v) is 16.3. The van der Waals surface area contributed by atoms with Crippen molar-refractivity contribution in [2.24, 2.45) is 22.7 Å². The molecule has 0 N–H and O–H groups in total. The Morgan fingerprint density at radius 3 is 1.05 bits per heavy atom. The predicted octanol–water partition coefficient (Wildman–Crippen LogP) is 1.24. The Morgan fingerprint density at radius 2 is 1.00 bits per heavy atom. The maximum atomic E-state index is 10.5. The van der Waals surface area contributed by atoms with Gasteiger partial charge in [0.25, 0.3) is 0 Å². The fourth-order valence-corrected chi connectivity index (χ4v) is 1.42. The molecule has 21 heavy (non-hydrogen) atoms. The molecule has 0 aliphatic carbocycles. The predicted molar refractivity (Wildman–Crippen MR) is 82.2 cm³/mol. The van der Waals surface area contributed by atoms with Crippen molar-refractivity contribution in [2.75, 3.05) is 0 Å². The minimum absolute atomic E-state index is 0. The van der Waals surface area contributed by atoms with Crippen LogP contribution in [-0.4, -0.2) is 35.0 Å². The van der Waals surface area contributed by atoms with Gasteiger partial charge in [0.1, 0.15) is 0 Å². The van der Waals surface area contributed by atoms with E-state index in [1.165, 1.54) is 0 Å². The average molecular weight is 311 g/mol. The summed E-state index contributed by atoms with van der Waals surface area (Å²) in [5, 5.41) is 21.0. The number of hydrogen-bond acceptors (Lipinski definition) is 4. The molecule has 0 radical (unpaired) electrons. The summed E-state index contributed by atoms with van der Waals surface area (Å²) in [5.41, 5.74) is -1.37. The third-order valence-electron chi connectivity index (χ3n) is 4.74. The summed E-state index contributed by atoms with van der Waals surface area (Å²) in [7, 11) is 0. The minimum Gasteiger partial charge on any atom is -0.550 e. The first-order chi connectivity index (χ1) is 8.85. The van der Waals surface area contributed by atoms with Crippen molar-refractivity contribution < 1.29 is 19.8 Å². The van der Waals surface area contributed by atoms with Crippen molar-refractivity contribution in [3.05, 3.63) is 0 Å². The molecular weight excluding hydrogens is 280 g/mol. The van der Waals surface area contributed by atoms with Crippen molar-refractivity contribution in [3.63, 3.8) is 0 Å². The Hall–Kier alpha value is -0.294. The number of carboxylic acids is 2. The van der Waals surface area contributed by atoms with Crippen LogP contribution in [0.4, 0.5) is 0 Å². The smallest absolute Gasteiger partial charge is 0.550 e. The van der Waals surface area contributed by atoms with Gasteiger partial charge < -0.3 is 19.8 Å². The summed E-state index contributed by atoms with van der Waals surface area (Å²) >= 11 is 0. The van der Waals surface area contributed by atoms with E-state index in [4.69, 9.17) is 0 Å². The number of carbonyl (C=O) groups is 2. The van der Waals surface area contributed by atoms with Gasteiger partial charge in [-0.1, -0.05) is 68.2 Å². The third-order valence-corrected chi connectivity index (χ3v) is 4.74. The van der Waals surface area contributed by atoms with E-state index in [1.54, 1.807) is 27.7 Å². The molecular formula is C16H30MgO4. The fraction of sp³-hybridized carbons (Fsp3) is 0.875. The molecule has 0 bridgehead atoms. The topological polar surface area (TPSA) is 80.3 Å². The summed E-state index contributed by atoms with van der Waals surface area (Å²) in [6.45, 7) is 14.6. The molecule has 0 saturated heterocycles. The van der Waals surface area contributed by atoms with Crippen LogP contribution in [0.3, 0.4) is 0 Å². The summed E-state index contributed by atoms with van der Waals surface area (Å²) in [6, 6.07) is 0. The van der Waals surface area contributed by atoms with Crippen LogP contribution in [0.5, 0.6) is 0 Å². The molecule has 0 fully saturated rings. The van der Waals surface area contributed by atoms with Gasteiger partial charge in [-0.2, -0.15) is 0 Å². The Balaban J connectivity index is -0.000000295. The standard InChI is InChI=1S/2C8H16O2.Mg/c2*1-5-6(2)8(3,4)7(9)10;/h2*6H,5H2,1-4H3,(H,9,10);/q;;+2/p-2. The molecule has 0 aliphatic heterocycles. The Kier molecular flexibility index (Phi) is 12.7. The van der Waals surface area contributed by atoms with Crippen LogP contribution in [0.25, 0.3) is 0 Å². The summed E-state index contributed by atoms with van der Waals surface area (Å²) in [6.07, 6.45) is 1.75. The molecule has 0 aliphatic rings. The van der Waals surface area contributed by atoms with Crippen molar-refractivity contribution in [1.29, 1.82) is 0 Å². The normalized spacial score (nSPS) is 14.1. The zero-order chi connectivity index (χ0) is 16.7. The molecule has 0 rings (SSSR count). The number of hydrogen-bond donors (Lipinski definition) is 0. The average Bonchev–Trinajstić information content (AvgIpc) is 2.36. The molecule has 0 aromatic rings. The molecule has 0 spiro atoms.